The number of phenolic OH excluding ortho intramolecular Hbond substituents is 1. The van der Waals surface area contributed by atoms with E-state index in [1.807, 2.05) is 0 Å². The third kappa shape index (κ3) is 2.73. The third-order valence-corrected chi connectivity index (χ3v) is 2.58. The molecule has 1 rings (SSSR count). The maximum atomic E-state index is 10.3. The molecule has 0 heterocycles. The molecule has 0 aliphatic rings. The molecule has 0 amide bonds. The lowest BCUT2D eigenvalue weighted by Gasteiger charge is -2.03. The van der Waals surface area contributed by atoms with Crippen molar-refractivity contribution in [3.05, 3.63) is 28.2 Å². The fraction of sp³-hybridized carbons (Fsp3) is 0.222. The van der Waals surface area contributed by atoms with Crippen LogP contribution in [0.25, 0.3) is 0 Å². The number of aliphatic carboxylic acids is 1. The highest BCUT2D eigenvalue weighted by atomic mass is 79.9. The molecule has 0 radical (unpaired) electrons. The first-order valence-electron chi connectivity index (χ1n) is 3.79. The van der Waals surface area contributed by atoms with E-state index in [-0.39, 0.29) is 12.2 Å². The minimum atomic E-state index is -0.838. The van der Waals surface area contributed by atoms with Crippen molar-refractivity contribution < 1.29 is 15.0 Å². The molecule has 0 aromatic heterocycles. The minimum Gasteiger partial charge on any atom is -0.507 e. The summed E-state index contributed by atoms with van der Waals surface area (Å²) < 4.78 is 0.580. The lowest BCUT2D eigenvalue weighted by atomic mass is 10.1. The van der Waals surface area contributed by atoms with Crippen LogP contribution in [-0.2, 0) is 11.2 Å². The molecule has 0 atom stereocenters. The van der Waals surface area contributed by atoms with E-state index in [9.17, 15) is 9.90 Å². The molecule has 0 saturated carbocycles. The van der Waals surface area contributed by atoms with Crippen LogP contribution in [0, 0.1) is 0 Å². The van der Waals surface area contributed by atoms with E-state index in [0.29, 0.717) is 10.9 Å². The second-order valence-electron chi connectivity index (χ2n) is 2.64. The first kappa shape index (κ1) is 10.1. The van der Waals surface area contributed by atoms with Gasteiger partial charge in [0.25, 0.3) is 0 Å². The molecule has 4 heteroatoms. The van der Waals surface area contributed by atoms with E-state index in [2.05, 4.69) is 15.9 Å². The van der Waals surface area contributed by atoms with Crippen molar-refractivity contribution in [1.29, 1.82) is 0 Å². The molecule has 2 N–H and O–H groups in total. The number of phenols is 1. The Kier molecular flexibility index (Phi) is 3.31. The maximum absolute atomic E-state index is 10.3. The number of carboxylic acid groups (broad SMARTS) is 1. The fourth-order valence-electron chi connectivity index (χ4n) is 1.00. The van der Waals surface area contributed by atoms with Gasteiger partial charge in [-0.2, -0.15) is 0 Å². The summed E-state index contributed by atoms with van der Waals surface area (Å²) in [4.78, 5) is 10.3. The van der Waals surface area contributed by atoms with Crippen molar-refractivity contribution in [3.63, 3.8) is 0 Å². The standard InChI is InChI=1S/C9H9BrO3/c10-9-6(4-5-8(12)13)2-1-3-7(9)11/h1-3,11H,4-5H2,(H,12,13). The van der Waals surface area contributed by atoms with Crippen LogP contribution in [0.4, 0.5) is 0 Å². The summed E-state index contributed by atoms with van der Waals surface area (Å²) in [6, 6.07) is 5.03. The van der Waals surface area contributed by atoms with Gasteiger partial charge >= 0.3 is 5.97 Å². The van der Waals surface area contributed by atoms with Crippen molar-refractivity contribution in [1.82, 2.24) is 0 Å². The van der Waals surface area contributed by atoms with Crippen LogP contribution < -0.4 is 0 Å². The summed E-state index contributed by atoms with van der Waals surface area (Å²) in [5.74, 6) is -0.696. The number of aromatic hydroxyl groups is 1. The summed E-state index contributed by atoms with van der Waals surface area (Å²) in [6.45, 7) is 0. The van der Waals surface area contributed by atoms with Gasteiger partial charge in [0.2, 0.25) is 0 Å². The molecule has 0 bridgehead atoms. The van der Waals surface area contributed by atoms with Crippen molar-refractivity contribution >= 4 is 21.9 Å². The minimum absolute atomic E-state index is 0.0715. The first-order chi connectivity index (χ1) is 6.11. The molecule has 0 fully saturated rings. The first-order valence-corrected chi connectivity index (χ1v) is 4.58. The van der Waals surface area contributed by atoms with E-state index in [1.165, 1.54) is 0 Å². The number of hydrogen-bond donors (Lipinski definition) is 2. The van der Waals surface area contributed by atoms with Crippen LogP contribution in [0.5, 0.6) is 5.75 Å². The highest BCUT2D eigenvalue weighted by Gasteiger charge is 2.05. The maximum Gasteiger partial charge on any atom is 0.303 e. The van der Waals surface area contributed by atoms with Crippen molar-refractivity contribution in [2.45, 2.75) is 12.8 Å². The molecule has 0 aliphatic heterocycles. The summed E-state index contributed by atoms with van der Waals surface area (Å²) in [6.07, 6.45) is 0.492. The van der Waals surface area contributed by atoms with Gasteiger partial charge in [-0.25, -0.2) is 0 Å². The van der Waals surface area contributed by atoms with Crippen molar-refractivity contribution in [3.8, 4) is 5.75 Å². The topological polar surface area (TPSA) is 57.5 Å². The van der Waals surface area contributed by atoms with Crippen molar-refractivity contribution in [2.24, 2.45) is 0 Å². The second kappa shape index (κ2) is 4.28. The quantitative estimate of drug-likeness (QED) is 0.857. The van der Waals surface area contributed by atoms with Gasteiger partial charge in [-0.15, -0.1) is 0 Å². The molecular weight excluding hydrogens is 236 g/mol. The Hall–Kier alpha value is -1.03. The number of rotatable bonds is 3. The number of carbonyl (C=O) groups is 1. The molecule has 1 aromatic rings. The van der Waals surface area contributed by atoms with Gasteiger partial charge in [0.1, 0.15) is 5.75 Å². The van der Waals surface area contributed by atoms with E-state index in [4.69, 9.17) is 5.11 Å². The number of carboxylic acids is 1. The summed E-state index contributed by atoms with van der Waals surface area (Å²) in [7, 11) is 0. The van der Waals surface area contributed by atoms with E-state index < -0.39 is 5.97 Å². The lowest BCUT2D eigenvalue weighted by molar-refractivity contribution is -0.136. The van der Waals surface area contributed by atoms with Gasteiger partial charge in [0.05, 0.1) is 4.47 Å². The van der Waals surface area contributed by atoms with Crippen LogP contribution in [0.1, 0.15) is 12.0 Å². The molecule has 3 nitrogen and oxygen atoms in total. The zero-order valence-electron chi connectivity index (χ0n) is 6.83. The highest BCUT2D eigenvalue weighted by Crippen LogP contribution is 2.27. The normalized spacial score (nSPS) is 9.92. The lowest BCUT2D eigenvalue weighted by Crippen LogP contribution is -1.97. The Morgan fingerprint density at radius 1 is 1.46 bits per heavy atom. The average Bonchev–Trinajstić information content (AvgIpc) is 2.07. The summed E-state index contributed by atoms with van der Waals surface area (Å²) in [5, 5.41) is 17.7. The SMILES string of the molecule is O=C(O)CCc1cccc(O)c1Br. The average molecular weight is 245 g/mol. The summed E-state index contributed by atoms with van der Waals surface area (Å²) >= 11 is 3.19. The van der Waals surface area contributed by atoms with Crippen molar-refractivity contribution in [2.75, 3.05) is 0 Å². The van der Waals surface area contributed by atoms with Crippen LogP contribution in [0.3, 0.4) is 0 Å². The molecule has 0 saturated heterocycles. The molecular formula is C9H9BrO3. The molecule has 70 valence electrons. The van der Waals surface area contributed by atoms with Gasteiger partial charge in [0, 0.05) is 6.42 Å². The zero-order valence-corrected chi connectivity index (χ0v) is 8.41. The Labute approximate surface area is 84.1 Å². The molecule has 0 unspecified atom stereocenters. The zero-order chi connectivity index (χ0) is 9.84. The highest BCUT2D eigenvalue weighted by molar-refractivity contribution is 9.10. The number of hydrogen-bond acceptors (Lipinski definition) is 2. The molecule has 0 aliphatic carbocycles. The molecule has 0 spiro atoms. The van der Waals surface area contributed by atoms with E-state index in [0.717, 1.165) is 5.56 Å². The van der Waals surface area contributed by atoms with Crippen LogP contribution in [0.15, 0.2) is 22.7 Å². The van der Waals surface area contributed by atoms with E-state index >= 15 is 0 Å². The van der Waals surface area contributed by atoms with Crippen LogP contribution >= 0.6 is 15.9 Å². The van der Waals surface area contributed by atoms with Gasteiger partial charge < -0.3 is 10.2 Å². The fourth-order valence-corrected chi connectivity index (χ4v) is 1.46. The smallest absolute Gasteiger partial charge is 0.303 e. The number of aryl methyl sites for hydroxylation is 1. The Morgan fingerprint density at radius 2 is 2.15 bits per heavy atom. The molecule has 13 heavy (non-hydrogen) atoms. The van der Waals surface area contributed by atoms with Gasteiger partial charge in [0.15, 0.2) is 0 Å². The largest absolute Gasteiger partial charge is 0.507 e. The predicted molar refractivity (Wildman–Crippen MR) is 51.8 cm³/mol. The van der Waals surface area contributed by atoms with Gasteiger partial charge in [-0.05, 0) is 34.0 Å². The number of halogens is 1. The summed E-state index contributed by atoms with van der Waals surface area (Å²) in [5.41, 5.74) is 0.808. The monoisotopic (exact) mass is 244 g/mol. The number of benzene rings is 1. The molecule has 1 aromatic carbocycles. The van der Waals surface area contributed by atoms with Gasteiger partial charge in [-0.1, -0.05) is 12.1 Å². The Morgan fingerprint density at radius 3 is 2.77 bits per heavy atom. The Balaban J connectivity index is 2.77. The Bertz CT molecular complexity index is 323. The van der Waals surface area contributed by atoms with E-state index in [1.54, 1.807) is 18.2 Å². The predicted octanol–water partition coefficient (Wildman–Crippen LogP) is 2.17. The van der Waals surface area contributed by atoms with Gasteiger partial charge in [-0.3, -0.25) is 4.79 Å². The second-order valence-corrected chi connectivity index (χ2v) is 3.44. The van der Waals surface area contributed by atoms with Crippen LogP contribution in [-0.4, -0.2) is 16.2 Å². The van der Waals surface area contributed by atoms with Crippen LogP contribution in [0.2, 0.25) is 0 Å². The third-order valence-electron chi connectivity index (χ3n) is 1.67.